The summed E-state index contributed by atoms with van der Waals surface area (Å²) in [5.74, 6) is -0.0314. The first kappa shape index (κ1) is 18.4. The lowest BCUT2D eigenvalue weighted by atomic mass is 10.0. The van der Waals surface area contributed by atoms with Crippen molar-refractivity contribution in [1.29, 1.82) is 0 Å². The molecule has 0 saturated carbocycles. The minimum absolute atomic E-state index is 0.0133. The normalized spacial score (nSPS) is 12.0. The number of thiophene rings is 1. The van der Waals surface area contributed by atoms with Crippen LogP contribution in [0.1, 0.15) is 33.2 Å². The van der Waals surface area contributed by atoms with Crippen molar-refractivity contribution in [2.75, 3.05) is 11.9 Å². The molecule has 0 fully saturated rings. The molecule has 1 amide bonds. The molecule has 0 spiro atoms. The maximum absolute atomic E-state index is 12.5. The van der Waals surface area contributed by atoms with Gasteiger partial charge >= 0.3 is 0 Å². The largest absolute Gasteiger partial charge is 0.324 e. The molecule has 1 aromatic heterocycles. The highest BCUT2D eigenvalue weighted by Gasteiger charge is 2.16. The Balaban J connectivity index is 1.72. The first-order valence-electron chi connectivity index (χ1n) is 8.74. The summed E-state index contributed by atoms with van der Waals surface area (Å²) >= 11 is 1.70. The summed E-state index contributed by atoms with van der Waals surface area (Å²) in [4.78, 5) is 13.7. The summed E-state index contributed by atoms with van der Waals surface area (Å²) in [7, 11) is 0. The second kappa shape index (κ2) is 8.30. The number of carbonyl (C=O) groups is 1. The highest BCUT2D eigenvalue weighted by atomic mass is 32.1. The highest BCUT2D eigenvalue weighted by Crippen LogP contribution is 2.26. The van der Waals surface area contributed by atoms with Crippen LogP contribution in [0.15, 0.2) is 60.0 Å². The molecular formula is C22H24N2OS. The number of nitrogens with one attached hydrogen (secondary N) is 2. The van der Waals surface area contributed by atoms with Crippen LogP contribution in [0.4, 0.5) is 5.69 Å². The first-order chi connectivity index (χ1) is 12.5. The molecule has 26 heavy (non-hydrogen) atoms. The number of benzene rings is 2. The Kier molecular flexibility index (Phi) is 5.86. The molecule has 0 aliphatic rings. The average molecular weight is 365 g/mol. The fraction of sp³-hybridized carbons (Fsp3) is 0.227. The number of aryl methyl sites for hydroxylation is 3. The number of rotatable bonds is 6. The minimum Gasteiger partial charge on any atom is -0.324 e. The van der Waals surface area contributed by atoms with Crippen molar-refractivity contribution in [1.82, 2.24) is 5.32 Å². The fourth-order valence-electron chi connectivity index (χ4n) is 2.99. The lowest BCUT2D eigenvalue weighted by molar-refractivity contribution is -0.115. The number of carbonyl (C=O) groups excluding carboxylic acids is 1. The van der Waals surface area contributed by atoms with Gasteiger partial charge in [-0.25, -0.2) is 0 Å². The number of amides is 1. The third-order valence-electron chi connectivity index (χ3n) is 4.45. The Morgan fingerprint density at radius 3 is 2.27 bits per heavy atom. The zero-order valence-corrected chi connectivity index (χ0v) is 16.2. The van der Waals surface area contributed by atoms with Crippen molar-refractivity contribution < 1.29 is 4.79 Å². The summed E-state index contributed by atoms with van der Waals surface area (Å²) in [6.45, 7) is 6.35. The number of hydrogen-bond donors (Lipinski definition) is 2. The lowest BCUT2D eigenvalue weighted by Gasteiger charge is -2.19. The predicted octanol–water partition coefficient (Wildman–Crippen LogP) is 4.99. The van der Waals surface area contributed by atoms with Crippen LogP contribution in [0, 0.1) is 20.8 Å². The zero-order valence-electron chi connectivity index (χ0n) is 15.4. The average Bonchev–Trinajstić information content (AvgIpc) is 3.14. The Hall–Kier alpha value is -2.43. The molecule has 0 radical (unpaired) electrons. The summed E-state index contributed by atoms with van der Waals surface area (Å²) in [5, 5.41) is 8.52. The van der Waals surface area contributed by atoms with Crippen molar-refractivity contribution in [3.63, 3.8) is 0 Å². The first-order valence-corrected chi connectivity index (χ1v) is 9.62. The van der Waals surface area contributed by atoms with Crippen LogP contribution in [0.2, 0.25) is 0 Å². The maximum atomic E-state index is 12.5. The van der Waals surface area contributed by atoms with Crippen molar-refractivity contribution in [3.8, 4) is 0 Å². The quantitative estimate of drug-likeness (QED) is 0.647. The van der Waals surface area contributed by atoms with Gasteiger partial charge in [0, 0.05) is 10.6 Å². The van der Waals surface area contributed by atoms with Gasteiger partial charge in [0.15, 0.2) is 0 Å². The van der Waals surface area contributed by atoms with E-state index in [1.807, 2.05) is 38.1 Å². The Morgan fingerprint density at radius 2 is 1.65 bits per heavy atom. The molecule has 0 aliphatic heterocycles. The lowest BCUT2D eigenvalue weighted by Crippen LogP contribution is -2.31. The second-order valence-corrected chi connectivity index (χ2v) is 7.53. The third kappa shape index (κ3) is 4.40. The monoisotopic (exact) mass is 364 g/mol. The van der Waals surface area contributed by atoms with Crippen LogP contribution in [0.25, 0.3) is 0 Å². The van der Waals surface area contributed by atoms with Crippen molar-refractivity contribution in [3.05, 3.63) is 87.1 Å². The molecule has 1 atom stereocenters. The minimum atomic E-state index is -0.0314. The standard InChI is InChI=1S/C22H24N2OS/c1-15-9-11-18(12-10-15)22(19-8-5-13-26-19)23-14-20(25)24-21-16(2)6-4-7-17(21)3/h4-13,22-23H,14H2,1-3H3,(H,24,25)/t22-/m1/s1. The molecule has 4 heteroatoms. The molecule has 2 aromatic carbocycles. The Bertz CT molecular complexity index is 849. The number of anilines is 1. The molecular weight excluding hydrogens is 340 g/mol. The molecule has 0 saturated heterocycles. The van der Waals surface area contributed by atoms with Gasteiger partial charge in [0.25, 0.3) is 0 Å². The van der Waals surface area contributed by atoms with Gasteiger partial charge < -0.3 is 5.32 Å². The van der Waals surface area contributed by atoms with Gasteiger partial charge in [0.05, 0.1) is 12.6 Å². The molecule has 1 heterocycles. The summed E-state index contributed by atoms with van der Waals surface area (Å²) in [6, 6.07) is 18.6. The SMILES string of the molecule is Cc1ccc([C@@H](NCC(=O)Nc2c(C)cccc2C)c2cccs2)cc1. The van der Waals surface area contributed by atoms with Gasteiger partial charge in [-0.2, -0.15) is 0 Å². The van der Waals surface area contributed by atoms with E-state index < -0.39 is 0 Å². The Morgan fingerprint density at radius 1 is 0.962 bits per heavy atom. The number of para-hydroxylation sites is 1. The third-order valence-corrected chi connectivity index (χ3v) is 5.39. The van der Waals surface area contributed by atoms with Gasteiger partial charge in [0.2, 0.25) is 5.91 Å². The summed E-state index contributed by atoms with van der Waals surface area (Å²) in [6.07, 6.45) is 0. The van der Waals surface area contributed by atoms with Crippen LogP contribution in [-0.2, 0) is 4.79 Å². The van der Waals surface area contributed by atoms with Gasteiger partial charge in [-0.1, -0.05) is 54.1 Å². The molecule has 3 nitrogen and oxygen atoms in total. The summed E-state index contributed by atoms with van der Waals surface area (Å²) < 4.78 is 0. The summed E-state index contributed by atoms with van der Waals surface area (Å²) in [5.41, 5.74) is 5.45. The van der Waals surface area contributed by atoms with E-state index in [9.17, 15) is 4.79 Å². The maximum Gasteiger partial charge on any atom is 0.238 e. The van der Waals surface area contributed by atoms with Gasteiger partial charge in [-0.05, 0) is 48.9 Å². The fourth-order valence-corrected chi connectivity index (χ4v) is 3.81. The second-order valence-electron chi connectivity index (χ2n) is 6.56. The zero-order chi connectivity index (χ0) is 18.5. The van der Waals surface area contributed by atoms with Crippen molar-refractivity contribution in [2.45, 2.75) is 26.8 Å². The van der Waals surface area contributed by atoms with Gasteiger partial charge in [-0.15, -0.1) is 11.3 Å². The molecule has 3 rings (SSSR count). The Labute approximate surface area is 159 Å². The van der Waals surface area contributed by atoms with E-state index in [1.54, 1.807) is 11.3 Å². The van der Waals surface area contributed by atoms with Crippen molar-refractivity contribution in [2.24, 2.45) is 0 Å². The van der Waals surface area contributed by atoms with Crippen molar-refractivity contribution >= 4 is 22.9 Å². The van der Waals surface area contributed by atoms with Gasteiger partial charge in [-0.3, -0.25) is 10.1 Å². The molecule has 2 N–H and O–H groups in total. The van der Waals surface area contributed by atoms with E-state index >= 15 is 0 Å². The molecule has 134 valence electrons. The van der Waals surface area contributed by atoms with Crippen LogP contribution in [-0.4, -0.2) is 12.5 Å². The van der Waals surface area contributed by atoms with E-state index in [2.05, 4.69) is 53.3 Å². The van der Waals surface area contributed by atoms with Crippen LogP contribution < -0.4 is 10.6 Å². The van der Waals surface area contributed by atoms with E-state index in [-0.39, 0.29) is 18.5 Å². The molecule has 0 bridgehead atoms. The smallest absolute Gasteiger partial charge is 0.238 e. The number of hydrogen-bond acceptors (Lipinski definition) is 3. The topological polar surface area (TPSA) is 41.1 Å². The molecule has 3 aromatic rings. The van der Waals surface area contributed by atoms with Crippen LogP contribution >= 0.6 is 11.3 Å². The van der Waals surface area contributed by atoms with Gasteiger partial charge in [0.1, 0.15) is 0 Å². The van der Waals surface area contributed by atoms with Crippen LogP contribution in [0.3, 0.4) is 0 Å². The van der Waals surface area contributed by atoms with E-state index in [0.717, 1.165) is 22.4 Å². The molecule has 0 unspecified atom stereocenters. The van der Waals surface area contributed by atoms with E-state index in [1.165, 1.54) is 10.4 Å². The predicted molar refractivity (Wildman–Crippen MR) is 110 cm³/mol. The molecule has 0 aliphatic carbocycles. The van der Waals surface area contributed by atoms with E-state index in [0.29, 0.717) is 0 Å². The highest BCUT2D eigenvalue weighted by molar-refractivity contribution is 7.10. The van der Waals surface area contributed by atoms with E-state index in [4.69, 9.17) is 0 Å². The van der Waals surface area contributed by atoms with Crippen LogP contribution in [0.5, 0.6) is 0 Å².